The molecule has 0 radical (unpaired) electrons. The molecule has 4 aliphatic rings. The van der Waals surface area contributed by atoms with Crippen LogP contribution in [0.3, 0.4) is 0 Å². The maximum absolute atomic E-state index is 16.1. The summed E-state index contributed by atoms with van der Waals surface area (Å²) in [5.74, 6) is -3.83. The first-order chi connectivity index (χ1) is 20.6. The van der Waals surface area contributed by atoms with Crippen LogP contribution in [-0.4, -0.2) is 58.1 Å². The molecule has 1 aromatic rings. The Bertz CT molecular complexity index is 1120. The molecule has 0 amide bonds. The number of hydrogen-bond donors (Lipinski definition) is 2. The second-order valence-electron chi connectivity index (χ2n) is 15.0. The third kappa shape index (κ3) is 6.65. The molecule has 5 rings (SSSR count). The molecule has 0 aromatic heterocycles. The van der Waals surface area contributed by atoms with Crippen molar-refractivity contribution in [1.29, 1.82) is 0 Å². The number of hydrogen-bond acceptors (Lipinski definition) is 3. The summed E-state index contributed by atoms with van der Waals surface area (Å²) in [5.41, 5.74) is 0.797. The molecule has 9 heteroatoms. The van der Waals surface area contributed by atoms with Gasteiger partial charge in [-0.25, -0.2) is 4.39 Å². The van der Waals surface area contributed by atoms with Gasteiger partial charge in [-0.2, -0.15) is 22.0 Å². The van der Waals surface area contributed by atoms with Gasteiger partial charge < -0.3 is 15.1 Å². The summed E-state index contributed by atoms with van der Waals surface area (Å²) in [7, 11) is 0. The number of phenols is 1. The zero-order valence-corrected chi connectivity index (χ0v) is 26.3. The molecule has 1 aliphatic heterocycles. The molecule has 3 nitrogen and oxygen atoms in total. The van der Waals surface area contributed by atoms with Crippen molar-refractivity contribution in [3.63, 3.8) is 0 Å². The van der Waals surface area contributed by atoms with Crippen molar-refractivity contribution >= 4 is 0 Å². The fourth-order valence-electron chi connectivity index (χ4n) is 9.74. The van der Waals surface area contributed by atoms with Crippen LogP contribution >= 0.6 is 0 Å². The molecule has 0 spiro atoms. The van der Waals surface area contributed by atoms with Crippen molar-refractivity contribution < 1.29 is 36.6 Å². The maximum atomic E-state index is 16.1. The van der Waals surface area contributed by atoms with Crippen molar-refractivity contribution in [1.82, 2.24) is 4.90 Å². The Morgan fingerprint density at radius 2 is 1.68 bits per heavy atom. The number of aromatic hydroxyl groups is 1. The number of rotatable bonds is 12. The van der Waals surface area contributed by atoms with Crippen LogP contribution in [0.25, 0.3) is 0 Å². The largest absolute Gasteiger partial charge is 0.508 e. The molecular formula is C35H51F6NO2. The van der Waals surface area contributed by atoms with Crippen LogP contribution in [0.2, 0.25) is 0 Å². The van der Waals surface area contributed by atoms with Gasteiger partial charge in [0, 0.05) is 23.8 Å². The second kappa shape index (κ2) is 13.0. The lowest BCUT2D eigenvalue weighted by Crippen LogP contribution is -2.54. The minimum Gasteiger partial charge on any atom is -0.508 e. The van der Waals surface area contributed by atoms with Crippen molar-refractivity contribution in [3.05, 3.63) is 29.3 Å². The van der Waals surface area contributed by atoms with E-state index in [1.807, 2.05) is 19.1 Å². The molecule has 2 N–H and O–H groups in total. The molecule has 0 unspecified atom stereocenters. The molecule has 3 fully saturated rings. The van der Waals surface area contributed by atoms with Gasteiger partial charge in [-0.1, -0.05) is 38.7 Å². The normalized spacial score (nSPS) is 35.8. The van der Waals surface area contributed by atoms with E-state index in [1.165, 1.54) is 0 Å². The van der Waals surface area contributed by atoms with Crippen molar-refractivity contribution in [2.45, 2.75) is 146 Å². The Balaban J connectivity index is 1.12. The van der Waals surface area contributed by atoms with E-state index < -0.39 is 35.7 Å². The fourth-order valence-corrected chi connectivity index (χ4v) is 9.74. The lowest BCUT2D eigenvalue weighted by molar-refractivity contribution is -0.284. The number of fused-ring (bicyclic) bond motifs is 5. The zero-order valence-electron chi connectivity index (χ0n) is 26.3. The lowest BCUT2D eigenvalue weighted by Gasteiger charge is -2.56. The van der Waals surface area contributed by atoms with Crippen LogP contribution in [0.5, 0.6) is 5.75 Å². The summed E-state index contributed by atoms with van der Waals surface area (Å²) in [5, 5.41) is 21.5. The standard InChI is InChI=1S/C35H51F6NO2/c1-32-22-29(36)31-27-14-13-26(43)21-24(27)20-23(30(31)28(32)15-17-33(32,2)44)10-5-4-8-18-42-19-9-12-25(42)11-6-3-7-16-34(37,38)35(39,40)41/h13-14,21,23,25,28-31,43-44H,3-12,15-20,22H2,1-2H3/t23-,25-,28+,29+,30+,31+,32+,33+/m1/s1. The molecule has 44 heavy (non-hydrogen) atoms. The number of likely N-dealkylation sites (tertiary alicyclic amines) is 1. The summed E-state index contributed by atoms with van der Waals surface area (Å²) < 4.78 is 79.6. The third-order valence-electron chi connectivity index (χ3n) is 12.4. The van der Waals surface area contributed by atoms with E-state index >= 15 is 4.39 Å². The van der Waals surface area contributed by atoms with E-state index in [9.17, 15) is 32.2 Å². The Kier molecular flexibility index (Phi) is 9.98. The summed E-state index contributed by atoms with van der Waals surface area (Å²) >= 11 is 0. The summed E-state index contributed by atoms with van der Waals surface area (Å²) in [6.45, 7) is 5.95. The average Bonchev–Trinajstić information content (AvgIpc) is 3.47. The number of alkyl halides is 6. The van der Waals surface area contributed by atoms with Gasteiger partial charge in [0.15, 0.2) is 0 Å². The lowest BCUT2D eigenvalue weighted by atomic mass is 9.50. The predicted octanol–water partition coefficient (Wildman–Crippen LogP) is 9.35. The fraction of sp³-hybridized carbons (Fsp3) is 0.829. The minimum atomic E-state index is -5.47. The van der Waals surface area contributed by atoms with Crippen molar-refractivity contribution in [2.75, 3.05) is 13.1 Å². The Morgan fingerprint density at radius 3 is 2.43 bits per heavy atom. The first-order valence-corrected chi connectivity index (χ1v) is 17.0. The predicted molar refractivity (Wildman–Crippen MR) is 160 cm³/mol. The number of phenolic OH excluding ortho intramolecular Hbond substituents is 1. The topological polar surface area (TPSA) is 43.7 Å². The Labute approximate surface area is 258 Å². The van der Waals surface area contributed by atoms with Crippen LogP contribution < -0.4 is 0 Å². The van der Waals surface area contributed by atoms with E-state index in [1.54, 1.807) is 6.07 Å². The molecule has 1 aromatic carbocycles. The van der Waals surface area contributed by atoms with E-state index in [2.05, 4.69) is 11.8 Å². The number of halogens is 6. The molecule has 1 saturated heterocycles. The Morgan fingerprint density at radius 1 is 0.955 bits per heavy atom. The van der Waals surface area contributed by atoms with Gasteiger partial charge in [-0.3, -0.25) is 0 Å². The zero-order chi connectivity index (χ0) is 31.9. The number of unbranched alkanes of at least 4 members (excludes halogenated alkanes) is 4. The molecule has 1 heterocycles. The van der Waals surface area contributed by atoms with Crippen LogP contribution in [0.1, 0.15) is 121 Å². The highest BCUT2D eigenvalue weighted by Gasteiger charge is 2.63. The van der Waals surface area contributed by atoms with Gasteiger partial charge in [-0.05, 0) is 125 Å². The summed E-state index contributed by atoms with van der Waals surface area (Å²) in [4.78, 5) is 2.46. The smallest absolute Gasteiger partial charge is 0.453 e. The molecule has 3 aliphatic carbocycles. The number of benzene rings is 1. The van der Waals surface area contributed by atoms with E-state index in [4.69, 9.17) is 0 Å². The average molecular weight is 632 g/mol. The molecule has 2 saturated carbocycles. The van der Waals surface area contributed by atoms with E-state index in [0.717, 1.165) is 82.0 Å². The third-order valence-corrected chi connectivity index (χ3v) is 12.4. The molecule has 8 atom stereocenters. The highest BCUT2D eigenvalue weighted by Crippen LogP contribution is 2.66. The van der Waals surface area contributed by atoms with E-state index in [-0.39, 0.29) is 29.9 Å². The van der Waals surface area contributed by atoms with E-state index in [0.29, 0.717) is 37.6 Å². The number of nitrogens with zero attached hydrogens (tertiary/aromatic N) is 1. The van der Waals surface area contributed by atoms with Gasteiger partial charge in [0.2, 0.25) is 0 Å². The molecular weight excluding hydrogens is 580 g/mol. The van der Waals surface area contributed by atoms with Gasteiger partial charge >= 0.3 is 12.1 Å². The van der Waals surface area contributed by atoms with Crippen LogP contribution in [0.4, 0.5) is 26.3 Å². The Hall–Kier alpha value is -1.48. The highest BCUT2D eigenvalue weighted by atomic mass is 19.4. The van der Waals surface area contributed by atoms with Crippen LogP contribution in [0.15, 0.2) is 18.2 Å². The summed E-state index contributed by atoms with van der Waals surface area (Å²) in [6, 6.07) is 5.79. The van der Waals surface area contributed by atoms with Crippen LogP contribution in [-0.2, 0) is 6.42 Å². The minimum absolute atomic E-state index is 0.118. The van der Waals surface area contributed by atoms with Gasteiger partial charge in [0.25, 0.3) is 0 Å². The van der Waals surface area contributed by atoms with Crippen molar-refractivity contribution in [2.24, 2.45) is 23.2 Å². The molecule has 0 bridgehead atoms. The number of aliphatic hydroxyl groups is 1. The monoisotopic (exact) mass is 631 g/mol. The second-order valence-corrected chi connectivity index (χ2v) is 15.0. The first-order valence-electron chi connectivity index (χ1n) is 17.0. The quantitative estimate of drug-likeness (QED) is 0.179. The highest BCUT2D eigenvalue weighted by molar-refractivity contribution is 5.41. The maximum Gasteiger partial charge on any atom is 0.453 e. The summed E-state index contributed by atoms with van der Waals surface area (Å²) in [6.07, 6.45) is 3.21. The molecule has 250 valence electrons. The van der Waals surface area contributed by atoms with Crippen LogP contribution in [0, 0.1) is 23.2 Å². The van der Waals surface area contributed by atoms with Gasteiger partial charge in [-0.15, -0.1) is 0 Å². The van der Waals surface area contributed by atoms with Gasteiger partial charge in [0.1, 0.15) is 11.9 Å². The van der Waals surface area contributed by atoms with Gasteiger partial charge in [0.05, 0.1) is 5.60 Å². The van der Waals surface area contributed by atoms with Crippen molar-refractivity contribution in [3.8, 4) is 5.75 Å². The first kappa shape index (κ1) is 33.9. The SMILES string of the molecule is C[C@]1(O)CC[C@H]2[C@@H]3[C@H](CCCCCN4CCC[C@H]4CCCCCC(F)(F)C(F)(F)F)Cc4cc(O)ccc4[C@H]3[C@@H](F)C[C@@]21C.